The molecule has 2 heterocycles. The van der Waals surface area contributed by atoms with Gasteiger partial charge in [-0.05, 0) is 53.6 Å². The van der Waals surface area contributed by atoms with E-state index in [9.17, 15) is 9.59 Å². The average Bonchev–Trinajstić information content (AvgIpc) is 2.98. The topological polar surface area (TPSA) is 85.9 Å². The third-order valence-corrected chi connectivity index (χ3v) is 7.06. The summed E-state index contributed by atoms with van der Waals surface area (Å²) in [6.07, 6.45) is 1.85. The Kier molecular flexibility index (Phi) is 8.94. The van der Waals surface area contributed by atoms with E-state index in [1.807, 2.05) is 54.6 Å². The number of halogens is 1. The Balaban J connectivity index is 1.51. The fourth-order valence-electron chi connectivity index (χ4n) is 4.71. The number of fused-ring (bicyclic) bond motifs is 1. The highest BCUT2D eigenvalue weighted by atomic mass is 35.5. The quantitative estimate of drug-likeness (QED) is 0.326. The second kappa shape index (κ2) is 12.9. The summed E-state index contributed by atoms with van der Waals surface area (Å²) < 4.78 is 5.45. The van der Waals surface area contributed by atoms with Gasteiger partial charge >= 0.3 is 0 Å². The summed E-state index contributed by atoms with van der Waals surface area (Å²) in [5.74, 6) is 5.52. The molecular formula is C32H30ClN3O4. The van der Waals surface area contributed by atoms with Crippen molar-refractivity contribution in [2.75, 3.05) is 37.8 Å². The Bertz CT molecular complexity index is 1620. The molecule has 0 spiro atoms. The van der Waals surface area contributed by atoms with Crippen molar-refractivity contribution >= 4 is 34.1 Å². The predicted molar refractivity (Wildman–Crippen MR) is 158 cm³/mol. The largest absolute Gasteiger partial charge is 0.395 e. The number of carbonyl (C=O) groups excluding carboxylic acids is 1. The lowest BCUT2D eigenvalue weighted by molar-refractivity contribution is 0.0342. The Labute approximate surface area is 238 Å². The second-order valence-corrected chi connectivity index (χ2v) is 10.1. The Morgan fingerprint density at radius 1 is 1.05 bits per heavy atom. The van der Waals surface area contributed by atoms with Crippen LogP contribution in [0.25, 0.3) is 10.9 Å². The number of morpholine rings is 1. The number of hydrogen-bond acceptors (Lipinski definition) is 5. The van der Waals surface area contributed by atoms with Crippen molar-refractivity contribution in [1.29, 1.82) is 0 Å². The van der Waals surface area contributed by atoms with Gasteiger partial charge in [0.05, 0.1) is 26.4 Å². The zero-order chi connectivity index (χ0) is 27.9. The maximum absolute atomic E-state index is 14.0. The van der Waals surface area contributed by atoms with Crippen LogP contribution >= 0.6 is 11.6 Å². The van der Waals surface area contributed by atoms with Gasteiger partial charge < -0.3 is 19.7 Å². The first-order chi connectivity index (χ1) is 19.5. The van der Waals surface area contributed by atoms with Gasteiger partial charge in [0.1, 0.15) is 5.56 Å². The lowest BCUT2D eigenvalue weighted by Crippen LogP contribution is -2.35. The number of amides is 1. The van der Waals surface area contributed by atoms with E-state index >= 15 is 0 Å². The molecule has 7 nitrogen and oxygen atoms in total. The lowest BCUT2D eigenvalue weighted by atomic mass is 10.1. The summed E-state index contributed by atoms with van der Waals surface area (Å²) >= 11 is 6.09. The van der Waals surface area contributed by atoms with Crippen molar-refractivity contribution in [3.8, 4) is 11.8 Å². The van der Waals surface area contributed by atoms with Crippen molar-refractivity contribution in [2.45, 2.75) is 19.5 Å². The fraction of sp³-hybridized carbons (Fsp3) is 0.250. The molecule has 1 fully saturated rings. The molecule has 0 bridgehead atoms. The molecule has 40 heavy (non-hydrogen) atoms. The van der Waals surface area contributed by atoms with Gasteiger partial charge in [0.2, 0.25) is 5.43 Å². The van der Waals surface area contributed by atoms with E-state index in [0.29, 0.717) is 53.4 Å². The minimum Gasteiger partial charge on any atom is -0.395 e. The molecule has 204 valence electrons. The molecule has 0 unspecified atom stereocenters. The highest BCUT2D eigenvalue weighted by Gasteiger charge is 2.23. The number of nitrogens with zero attached hydrogens (tertiary/aromatic N) is 2. The maximum Gasteiger partial charge on any atom is 0.264 e. The van der Waals surface area contributed by atoms with E-state index in [-0.39, 0.29) is 24.1 Å². The first-order valence-corrected chi connectivity index (χ1v) is 13.6. The molecule has 1 saturated heterocycles. The number of anilines is 1. The molecule has 0 atom stereocenters. The van der Waals surface area contributed by atoms with Gasteiger partial charge in [-0.2, -0.15) is 0 Å². The number of hydrogen-bond donors (Lipinski definition) is 2. The molecular weight excluding hydrogens is 526 g/mol. The van der Waals surface area contributed by atoms with Gasteiger partial charge in [0.15, 0.2) is 0 Å². The number of aliphatic hydroxyl groups is 1. The van der Waals surface area contributed by atoms with Crippen LogP contribution < -0.4 is 10.3 Å². The van der Waals surface area contributed by atoms with Crippen LogP contribution in [-0.2, 0) is 17.8 Å². The normalized spacial score (nSPS) is 13.6. The van der Waals surface area contributed by atoms with Crippen LogP contribution in [0.3, 0.4) is 0 Å². The lowest BCUT2D eigenvalue weighted by Gasteiger charge is -2.26. The number of aromatic nitrogens is 1. The smallest absolute Gasteiger partial charge is 0.264 e. The van der Waals surface area contributed by atoms with E-state index < -0.39 is 5.91 Å². The van der Waals surface area contributed by atoms with E-state index in [1.165, 1.54) is 6.20 Å². The molecule has 1 amide bonds. The van der Waals surface area contributed by atoms with Crippen molar-refractivity contribution in [3.05, 3.63) is 110 Å². The average molecular weight is 556 g/mol. The monoisotopic (exact) mass is 555 g/mol. The summed E-state index contributed by atoms with van der Waals surface area (Å²) in [4.78, 5) is 34.8. The number of benzene rings is 3. The summed E-state index contributed by atoms with van der Waals surface area (Å²) in [6.45, 7) is 4.01. The van der Waals surface area contributed by atoms with Gasteiger partial charge in [0, 0.05) is 59.4 Å². The first-order valence-electron chi connectivity index (χ1n) is 13.2. The van der Waals surface area contributed by atoms with Crippen LogP contribution in [0, 0.1) is 11.8 Å². The number of H-pyrrole nitrogens is 1. The minimum absolute atomic E-state index is 0.0211. The standard InChI is InChI=1S/C32H30ClN3O4/c33-26-10-7-24(8-11-26)22-36(27-6-3-5-23(18-27)4-1-2-15-37)32(39)29-20-34-30-12-9-25(19-28(30)31(29)38)21-35-13-16-40-17-14-35/h3,5-12,18-20,37H,2,13-17,21-22H2,(H,34,38). The van der Waals surface area contributed by atoms with Gasteiger partial charge in [-0.15, -0.1) is 0 Å². The number of carbonyl (C=O) groups is 1. The van der Waals surface area contributed by atoms with Crippen molar-refractivity contribution in [2.24, 2.45) is 0 Å². The van der Waals surface area contributed by atoms with E-state index in [4.69, 9.17) is 21.4 Å². The highest BCUT2D eigenvalue weighted by molar-refractivity contribution is 6.30. The number of aliphatic hydroxyl groups excluding tert-OH is 1. The molecule has 2 N–H and O–H groups in total. The van der Waals surface area contributed by atoms with Crippen LogP contribution in [0.5, 0.6) is 0 Å². The number of aromatic amines is 1. The Morgan fingerprint density at radius 3 is 2.60 bits per heavy atom. The van der Waals surface area contributed by atoms with Crippen LogP contribution in [0.2, 0.25) is 5.02 Å². The zero-order valence-corrected chi connectivity index (χ0v) is 22.8. The van der Waals surface area contributed by atoms with Crippen LogP contribution in [-0.4, -0.2) is 53.8 Å². The summed E-state index contributed by atoms with van der Waals surface area (Å²) in [7, 11) is 0. The minimum atomic E-state index is -0.419. The molecule has 3 aromatic carbocycles. The van der Waals surface area contributed by atoms with Crippen LogP contribution in [0.4, 0.5) is 5.69 Å². The molecule has 0 saturated carbocycles. The molecule has 0 aliphatic carbocycles. The molecule has 1 aliphatic heterocycles. The summed E-state index contributed by atoms with van der Waals surface area (Å²) in [5.41, 5.74) is 3.61. The van der Waals surface area contributed by atoms with Gasteiger partial charge in [0.25, 0.3) is 5.91 Å². The second-order valence-electron chi connectivity index (χ2n) is 9.64. The number of rotatable bonds is 7. The highest BCUT2D eigenvalue weighted by Crippen LogP contribution is 2.23. The maximum atomic E-state index is 14.0. The fourth-order valence-corrected chi connectivity index (χ4v) is 4.84. The van der Waals surface area contributed by atoms with E-state index in [1.54, 1.807) is 17.0 Å². The molecule has 5 rings (SSSR count). The third kappa shape index (κ3) is 6.61. The molecule has 8 heteroatoms. The predicted octanol–water partition coefficient (Wildman–Crippen LogP) is 4.59. The van der Waals surface area contributed by atoms with E-state index in [0.717, 1.165) is 24.2 Å². The van der Waals surface area contributed by atoms with Crippen LogP contribution in [0.15, 0.2) is 77.7 Å². The third-order valence-electron chi connectivity index (χ3n) is 6.81. The number of ether oxygens (including phenoxy) is 1. The van der Waals surface area contributed by atoms with Crippen molar-refractivity contribution < 1.29 is 14.6 Å². The van der Waals surface area contributed by atoms with Gasteiger partial charge in [-0.25, -0.2) is 0 Å². The van der Waals surface area contributed by atoms with Crippen molar-refractivity contribution in [1.82, 2.24) is 9.88 Å². The Hall–Kier alpha value is -3.93. The SMILES string of the molecule is O=C(c1c[nH]c2ccc(CN3CCOCC3)cc2c1=O)N(Cc1ccc(Cl)cc1)c1cccc(C#CCCO)c1. The number of pyridine rings is 1. The van der Waals surface area contributed by atoms with E-state index in [2.05, 4.69) is 21.7 Å². The molecule has 0 radical (unpaired) electrons. The summed E-state index contributed by atoms with van der Waals surface area (Å²) in [6, 6.07) is 20.3. The van der Waals surface area contributed by atoms with Crippen molar-refractivity contribution in [3.63, 3.8) is 0 Å². The van der Waals surface area contributed by atoms with Gasteiger partial charge in [-0.3, -0.25) is 14.5 Å². The summed E-state index contributed by atoms with van der Waals surface area (Å²) in [5, 5.41) is 10.1. The first kappa shape index (κ1) is 27.6. The number of nitrogens with one attached hydrogen (secondary N) is 1. The molecule has 1 aliphatic rings. The van der Waals surface area contributed by atoms with Crippen LogP contribution in [0.1, 0.15) is 33.5 Å². The zero-order valence-electron chi connectivity index (χ0n) is 22.0. The van der Waals surface area contributed by atoms with Gasteiger partial charge in [-0.1, -0.05) is 47.7 Å². The molecule has 1 aromatic heterocycles. The molecule has 4 aromatic rings. The Morgan fingerprint density at radius 2 is 1.82 bits per heavy atom.